The van der Waals surface area contributed by atoms with Gasteiger partial charge >= 0.3 is 0 Å². The van der Waals surface area contributed by atoms with E-state index in [2.05, 4.69) is 5.32 Å². The maximum absolute atomic E-state index is 11.8. The minimum atomic E-state index is -0.552. The second-order valence-corrected chi connectivity index (χ2v) is 4.00. The molecule has 0 bridgehead atoms. The van der Waals surface area contributed by atoms with E-state index in [-0.39, 0.29) is 5.78 Å². The second kappa shape index (κ2) is 2.67. The Balaban J connectivity index is 2.54. The van der Waals surface area contributed by atoms with Crippen LogP contribution in [-0.2, 0) is 0 Å². The molecule has 0 fully saturated rings. The lowest BCUT2D eigenvalue weighted by Crippen LogP contribution is -2.33. The minimum absolute atomic E-state index is 0.0740. The topological polar surface area (TPSA) is 46.2 Å². The lowest BCUT2D eigenvalue weighted by molar-refractivity contribution is 0.0939. The molecule has 1 heterocycles. The van der Waals surface area contributed by atoms with Crippen molar-refractivity contribution in [1.29, 1.82) is 0 Å². The summed E-state index contributed by atoms with van der Waals surface area (Å²) in [7, 11) is 0. The number of hydrogen-bond acceptors (Lipinski definition) is 3. The number of fused-ring (bicyclic) bond motifs is 1. The molecule has 3 nitrogen and oxygen atoms in total. The number of ketones is 1. The van der Waals surface area contributed by atoms with Crippen molar-refractivity contribution in [2.75, 3.05) is 5.32 Å². The van der Waals surface area contributed by atoms with Crippen LogP contribution in [0.2, 0.25) is 0 Å². The van der Waals surface area contributed by atoms with E-state index < -0.39 is 5.54 Å². The molecule has 1 N–H and O–H groups in total. The van der Waals surface area contributed by atoms with Crippen molar-refractivity contribution >= 4 is 17.8 Å². The Morgan fingerprint density at radius 3 is 2.71 bits per heavy atom. The van der Waals surface area contributed by atoms with Gasteiger partial charge in [0.05, 0.1) is 5.54 Å². The highest BCUT2D eigenvalue weighted by Crippen LogP contribution is 2.32. The third-order valence-corrected chi connectivity index (χ3v) is 2.44. The highest BCUT2D eigenvalue weighted by molar-refractivity contribution is 6.13. The molecule has 1 aromatic rings. The van der Waals surface area contributed by atoms with Crippen molar-refractivity contribution in [3.63, 3.8) is 0 Å². The van der Waals surface area contributed by atoms with Gasteiger partial charge in [-0.05, 0) is 26.0 Å². The van der Waals surface area contributed by atoms with Gasteiger partial charge in [0.2, 0.25) is 0 Å². The number of benzene rings is 1. The van der Waals surface area contributed by atoms with E-state index >= 15 is 0 Å². The number of anilines is 1. The number of rotatable bonds is 1. The van der Waals surface area contributed by atoms with Crippen LogP contribution in [0.1, 0.15) is 34.6 Å². The maximum atomic E-state index is 11.8. The Kier molecular flexibility index (Phi) is 1.71. The fourth-order valence-electron chi connectivity index (χ4n) is 1.67. The first-order valence-electron chi connectivity index (χ1n) is 4.47. The summed E-state index contributed by atoms with van der Waals surface area (Å²) in [5.41, 5.74) is 1.45. The molecule has 0 saturated heterocycles. The predicted molar refractivity (Wildman–Crippen MR) is 53.9 cm³/mol. The average Bonchev–Trinajstić information content (AvgIpc) is 2.37. The first kappa shape index (κ1) is 8.94. The largest absolute Gasteiger partial charge is 0.372 e. The van der Waals surface area contributed by atoms with Crippen molar-refractivity contribution in [3.05, 3.63) is 29.3 Å². The van der Waals surface area contributed by atoms with Gasteiger partial charge in [-0.25, -0.2) is 0 Å². The number of carbonyl (C=O) groups is 2. The van der Waals surface area contributed by atoms with Gasteiger partial charge in [-0.2, -0.15) is 0 Å². The third-order valence-electron chi connectivity index (χ3n) is 2.44. The molecule has 0 aromatic heterocycles. The Morgan fingerprint density at radius 1 is 1.36 bits per heavy atom. The van der Waals surface area contributed by atoms with Crippen LogP contribution >= 0.6 is 0 Å². The fraction of sp³-hybridized carbons (Fsp3) is 0.273. The van der Waals surface area contributed by atoms with Gasteiger partial charge in [0.15, 0.2) is 5.78 Å². The van der Waals surface area contributed by atoms with Crippen LogP contribution in [0.15, 0.2) is 18.2 Å². The number of nitrogens with one attached hydrogen (secondary N) is 1. The molecule has 0 aliphatic carbocycles. The Bertz CT molecular complexity index is 421. The van der Waals surface area contributed by atoms with Crippen LogP contribution < -0.4 is 5.32 Å². The van der Waals surface area contributed by atoms with Crippen molar-refractivity contribution in [3.8, 4) is 0 Å². The monoisotopic (exact) mass is 189 g/mol. The third kappa shape index (κ3) is 1.13. The van der Waals surface area contributed by atoms with Crippen LogP contribution in [0.3, 0.4) is 0 Å². The Hall–Kier alpha value is -1.64. The van der Waals surface area contributed by atoms with Crippen molar-refractivity contribution in [1.82, 2.24) is 0 Å². The quantitative estimate of drug-likeness (QED) is 0.686. The molecular weight excluding hydrogens is 178 g/mol. The van der Waals surface area contributed by atoms with Crippen LogP contribution in [0.5, 0.6) is 0 Å². The van der Waals surface area contributed by atoms with Gasteiger partial charge < -0.3 is 5.32 Å². The number of aldehydes is 1. The molecule has 1 aliphatic rings. The van der Waals surface area contributed by atoms with E-state index in [4.69, 9.17) is 0 Å². The van der Waals surface area contributed by atoms with Gasteiger partial charge in [0, 0.05) is 16.8 Å². The Morgan fingerprint density at radius 2 is 2.07 bits per heavy atom. The van der Waals surface area contributed by atoms with Gasteiger partial charge in [-0.1, -0.05) is 6.07 Å². The SMILES string of the molecule is CC1(C)Nc2cc(C=O)ccc2C1=O. The zero-order chi connectivity index (χ0) is 10.3. The lowest BCUT2D eigenvalue weighted by atomic mass is 9.98. The summed E-state index contributed by atoms with van der Waals surface area (Å²) in [6.45, 7) is 3.66. The van der Waals surface area contributed by atoms with Gasteiger partial charge in [-0.15, -0.1) is 0 Å². The van der Waals surface area contributed by atoms with E-state index in [1.165, 1.54) is 0 Å². The fourth-order valence-corrected chi connectivity index (χ4v) is 1.67. The van der Waals surface area contributed by atoms with E-state index in [0.29, 0.717) is 11.1 Å². The molecule has 0 saturated carbocycles. The lowest BCUT2D eigenvalue weighted by Gasteiger charge is -2.15. The summed E-state index contributed by atoms with van der Waals surface area (Å²) in [4.78, 5) is 22.3. The van der Waals surface area contributed by atoms with Crippen LogP contribution in [-0.4, -0.2) is 17.6 Å². The molecule has 3 heteroatoms. The molecule has 0 amide bonds. The molecule has 0 atom stereocenters. The second-order valence-electron chi connectivity index (χ2n) is 4.00. The van der Waals surface area contributed by atoms with Crippen LogP contribution in [0.4, 0.5) is 5.69 Å². The molecule has 72 valence electrons. The average molecular weight is 189 g/mol. The normalized spacial score (nSPS) is 17.4. The molecule has 14 heavy (non-hydrogen) atoms. The number of Topliss-reactive ketones (excluding diaryl/α,β-unsaturated/α-hetero) is 1. The van der Waals surface area contributed by atoms with Crippen molar-refractivity contribution < 1.29 is 9.59 Å². The smallest absolute Gasteiger partial charge is 0.189 e. The van der Waals surface area contributed by atoms with Gasteiger partial charge in [-0.3, -0.25) is 9.59 Å². The number of hydrogen-bond donors (Lipinski definition) is 1. The van der Waals surface area contributed by atoms with Gasteiger partial charge in [0.25, 0.3) is 0 Å². The first-order chi connectivity index (χ1) is 6.54. The summed E-state index contributed by atoms with van der Waals surface area (Å²) in [6.07, 6.45) is 0.776. The van der Waals surface area contributed by atoms with Crippen molar-refractivity contribution in [2.45, 2.75) is 19.4 Å². The molecule has 0 unspecified atom stereocenters. The highest BCUT2D eigenvalue weighted by atomic mass is 16.1. The molecule has 0 radical (unpaired) electrons. The predicted octanol–water partition coefficient (Wildman–Crippen LogP) is 1.89. The number of carbonyl (C=O) groups excluding carboxylic acids is 2. The maximum Gasteiger partial charge on any atom is 0.189 e. The zero-order valence-corrected chi connectivity index (χ0v) is 8.13. The van der Waals surface area contributed by atoms with Gasteiger partial charge in [0.1, 0.15) is 6.29 Å². The summed E-state index contributed by atoms with van der Waals surface area (Å²) >= 11 is 0. The molecule has 1 aliphatic heterocycles. The van der Waals surface area contributed by atoms with E-state index in [9.17, 15) is 9.59 Å². The molecule has 2 rings (SSSR count). The molecule has 1 aromatic carbocycles. The molecule has 0 spiro atoms. The van der Waals surface area contributed by atoms with E-state index in [0.717, 1.165) is 12.0 Å². The molecular formula is C11H11NO2. The summed E-state index contributed by atoms with van der Waals surface area (Å²) in [6, 6.07) is 5.06. The standard InChI is InChI=1S/C11H11NO2/c1-11(2)10(14)8-4-3-7(6-13)5-9(8)12-11/h3-6,12H,1-2H3. The summed E-state index contributed by atoms with van der Waals surface area (Å²) in [5, 5.41) is 3.09. The Labute approximate surface area is 82.1 Å². The van der Waals surface area contributed by atoms with E-state index in [1.807, 2.05) is 13.8 Å². The summed E-state index contributed by atoms with van der Waals surface area (Å²) in [5.74, 6) is 0.0740. The van der Waals surface area contributed by atoms with Crippen LogP contribution in [0, 0.1) is 0 Å². The first-order valence-corrected chi connectivity index (χ1v) is 4.47. The zero-order valence-electron chi connectivity index (χ0n) is 8.13. The van der Waals surface area contributed by atoms with Crippen LogP contribution in [0.25, 0.3) is 0 Å². The van der Waals surface area contributed by atoms with E-state index in [1.54, 1.807) is 18.2 Å². The van der Waals surface area contributed by atoms with Crippen molar-refractivity contribution in [2.24, 2.45) is 0 Å². The summed E-state index contributed by atoms with van der Waals surface area (Å²) < 4.78 is 0. The highest BCUT2D eigenvalue weighted by Gasteiger charge is 2.36. The minimum Gasteiger partial charge on any atom is -0.372 e.